The van der Waals surface area contributed by atoms with E-state index in [4.69, 9.17) is 16.3 Å². The molecule has 1 aliphatic rings. The number of methoxy groups -OCH3 is 1. The molecule has 6 heteroatoms. The van der Waals surface area contributed by atoms with E-state index in [9.17, 15) is 0 Å². The maximum Gasteiger partial charge on any atom is 0.187 e. The predicted octanol–water partition coefficient (Wildman–Crippen LogP) is 3.96. The van der Waals surface area contributed by atoms with E-state index in [0.717, 1.165) is 35.8 Å². The van der Waals surface area contributed by atoms with Crippen LogP contribution in [-0.4, -0.2) is 17.1 Å². The molecule has 3 rings (SSSR count). The van der Waals surface area contributed by atoms with Gasteiger partial charge >= 0.3 is 0 Å². The fourth-order valence-corrected chi connectivity index (χ4v) is 3.58. The van der Waals surface area contributed by atoms with E-state index in [1.807, 2.05) is 6.07 Å². The summed E-state index contributed by atoms with van der Waals surface area (Å²) < 4.78 is 5.51. The fraction of sp³-hybridized carbons (Fsp3) is 0.385. The van der Waals surface area contributed by atoms with Crippen molar-refractivity contribution in [3.05, 3.63) is 34.1 Å². The van der Waals surface area contributed by atoms with E-state index in [2.05, 4.69) is 15.3 Å². The Balaban J connectivity index is 1.85. The number of nitrogens with one attached hydrogen (secondary N) is 1. The van der Waals surface area contributed by atoms with Gasteiger partial charge in [-0.05, 0) is 31.4 Å². The lowest BCUT2D eigenvalue weighted by atomic mass is 10.0. The van der Waals surface area contributed by atoms with E-state index in [-0.39, 0.29) is 6.10 Å². The van der Waals surface area contributed by atoms with E-state index in [1.54, 1.807) is 30.7 Å². The molecule has 0 bridgehead atoms. The lowest BCUT2D eigenvalue weighted by molar-refractivity contribution is 0.0908. The zero-order chi connectivity index (χ0) is 13.2. The molecule has 0 radical (unpaired) electrons. The fourth-order valence-electron chi connectivity index (χ4n) is 2.26. The summed E-state index contributed by atoms with van der Waals surface area (Å²) in [6.07, 6.45) is 5.11. The predicted molar refractivity (Wildman–Crippen MR) is 77.3 cm³/mol. The van der Waals surface area contributed by atoms with Crippen LogP contribution in [0.25, 0.3) is 0 Å². The standard InChI is InChI=1S/C13H14ClN3OS/c1-18-10-4-2-3-9-12(10)19-13(17-9)16-8-5-6-15-11(14)7-8/h5-7,10H,2-4H2,1H3,(H,15,16,17). The highest BCUT2D eigenvalue weighted by molar-refractivity contribution is 7.15. The number of anilines is 2. The van der Waals surface area contributed by atoms with Crippen LogP contribution in [0, 0.1) is 0 Å². The van der Waals surface area contributed by atoms with Gasteiger partial charge in [-0.1, -0.05) is 22.9 Å². The number of aryl methyl sites for hydroxylation is 1. The number of fused-ring (bicyclic) bond motifs is 1. The number of hydrogen-bond acceptors (Lipinski definition) is 5. The van der Waals surface area contributed by atoms with Crippen LogP contribution < -0.4 is 5.32 Å². The first kappa shape index (κ1) is 12.8. The second-order valence-corrected chi connectivity index (χ2v) is 5.86. The Labute approximate surface area is 120 Å². The zero-order valence-electron chi connectivity index (χ0n) is 10.5. The van der Waals surface area contributed by atoms with E-state index < -0.39 is 0 Å². The van der Waals surface area contributed by atoms with Gasteiger partial charge < -0.3 is 10.1 Å². The van der Waals surface area contributed by atoms with Crippen LogP contribution in [0.3, 0.4) is 0 Å². The molecule has 2 aromatic heterocycles. The van der Waals surface area contributed by atoms with Crippen molar-refractivity contribution in [3.63, 3.8) is 0 Å². The Morgan fingerprint density at radius 2 is 2.42 bits per heavy atom. The maximum atomic E-state index is 5.87. The number of ether oxygens (including phenoxy) is 1. The molecule has 0 amide bonds. The molecule has 0 fully saturated rings. The van der Waals surface area contributed by atoms with Crippen LogP contribution in [0.2, 0.25) is 5.15 Å². The number of rotatable bonds is 3. The van der Waals surface area contributed by atoms with Crippen molar-refractivity contribution in [1.29, 1.82) is 0 Å². The Morgan fingerprint density at radius 1 is 1.53 bits per heavy atom. The van der Waals surface area contributed by atoms with Gasteiger partial charge in [-0.25, -0.2) is 9.97 Å². The van der Waals surface area contributed by atoms with Gasteiger partial charge in [0.15, 0.2) is 5.13 Å². The second-order valence-electron chi connectivity index (χ2n) is 4.44. The van der Waals surface area contributed by atoms with Crippen LogP contribution >= 0.6 is 22.9 Å². The molecular weight excluding hydrogens is 282 g/mol. The van der Waals surface area contributed by atoms with Crippen LogP contribution in [0.15, 0.2) is 18.3 Å². The largest absolute Gasteiger partial charge is 0.376 e. The van der Waals surface area contributed by atoms with Gasteiger partial charge in [0.2, 0.25) is 0 Å². The smallest absolute Gasteiger partial charge is 0.187 e. The van der Waals surface area contributed by atoms with Crippen molar-refractivity contribution < 1.29 is 4.74 Å². The van der Waals surface area contributed by atoms with Crippen molar-refractivity contribution in [3.8, 4) is 0 Å². The third-order valence-electron chi connectivity index (χ3n) is 3.16. The minimum absolute atomic E-state index is 0.192. The maximum absolute atomic E-state index is 5.87. The van der Waals surface area contributed by atoms with Crippen LogP contribution in [0.5, 0.6) is 0 Å². The molecule has 0 aliphatic heterocycles. The van der Waals surface area contributed by atoms with Crippen LogP contribution in [0.4, 0.5) is 10.8 Å². The number of nitrogens with zero attached hydrogens (tertiary/aromatic N) is 2. The summed E-state index contributed by atoms with van der Waals surface area (Å²) in [5.74, 6) is 0. The molecular formula is C13H14ClN3OS. The summed E-state index contributed by atoms with van der Waals surface area (Å²) in [7, 11) is 1.76. The minimum atomic E-state index is 0.192. The molecule has 1 aliphatic carbocycles. The van der Waals surface area contributed by atoms with Crippen LogP contribution in [0.1, 0.15) is 29.5 Å². The Bertz CT molecular complexity index is 587. The van der Waals surface area contributed by atoms with Gasteiger partial charge in [-0.3, -0.25) is 0 Å². The molecule has 19 heavy (non-hydrogen) atoms. The van der Waals surface area contributed by atoms with Crippen molar-refractivity contribution >= 4 is 33.8 Å². The summed E-state index contributed by atoms with van der Waals surface area (Å²) in [4.78, 5) is 9.84. The van der Waals surface area contributed by atoms with E-state index >= 15 is 0 Å². The molecule has 0 saturated heterocycles. The quantitative estimate of drug-likeness (QED) is 0.871. The number of aromatic nitrogens is 2. The topological polar surface area (TPSA) is 47.0 Å². The highest BCUT2D eigenvalue weighted by Gasteiger charge is 2.24. The van der Waals surface area contributed by atoms with Crippen molar-refractivity contribution in [2.75, 3.05) is 12.4 Å². The first-order valence-corrected chi connectivity index (χ1v) is 7.36. The van der Waals surface area contributed by atoms with E-state index in [1.165, 1.54) is 4.88 Å². The van der Waals surface area contributed by atoms with Gasteiger partial charge in [-0.15, -0.1) is 0 Å². The van der Waals surface area contributed by atoms with E-state index in [0.29, 0.717) is 5.15 Å². The van der Waals surface area contributed by atoms with Gasteiger partial charge in [-0.2, -0.15) is 0 Å². The Morgan fingerprint density at radius 3 is 3.21 bits per heavy atom. The second kappa shape index (κ2) is 5.45. The lowest BCUT2D eigenvalue weighted by Gasteiger charge is -2.18. The zero-order valence-corrected chi connectivity index (χ0v) is 12.1. The molecule has 2 aromatic rings. The number of hydrogen-bond donors (Lipinski definition) is 1. The lowest BCUT2D eigenvalue weighted by Crippen LogP contribution is -2.08. The highest BCUT2D eigenvalue weighted by Crippen LogP contribution is 2.38. The molecule has 0 aromatic carbocycles. The summed E-state index contributed by atoms with van der Waals surface area (Å²) in [5.41, 5.74) is 2.06. The SMILES string of the molecule is COC1CCCc2nc(Nc3ccnc(Cl)c3)sc21. The van der Waals surface area contributed by atoms with Gasteiger partial charge in [0, 0.05) is 19.0 Å². The Kier molecular flexibility index (Phi) is 3.68. The van der Waals surface area contributed by atoms with Crippen molar-refractivity contribution in [2.24, 2.45) is 0 Å². The Hall–Kier alpha value is -1.17. The summed E-state index contributed by atoms with van der Waals surface area (Å²) in [6, 6.07) is 3.66. The summed E-state index contributed by atoms with van der Waals surface area (Å²) in [5, 5.41) is 4.63. The third-order valence-corrected chi connectivity index (χ3v) is 4.47. The van der Waals surface area contributed by atoms with Gasteiger partial charge in [0.25, 0.3) is 0 Å². The van der Waals surface area contributed by atoms with Gasteiger partial charge in [0.05, 0.1) is 16.7 Å². The average molecular weight is 296 g/mol. The molecule has 100 valence electrons. The first-order chi connectivity index (χ1) is 9.26. The normalized spacial score (nSPS) is 18.1. The van der Waals surface area contributed by atoms with Crippen molar-refractivity contribution in [1.82, 2.24) is 9.97 Å². The molecule has 1 N–H and O–H groups in total. The molecule has 1 atom stereocenters. The molecule has 4 nitrogen and oxygen atoms in total. The van der Waals surface area contributed by atoms with Crippen LogP contribution in [-0.2, 0) is 11.2 Å². The molecule has 0 spiro atoms. The average Bonchev–Trinajstić information content (AvgIpc) is 2.80. The van der Waals surface area contributed by atoms with Gasteiger partial charge in [0.1, 0.15) is 5.15 Å². The number of halogens is 1. The third kappa shape index (κ3) is 2.73. The first-order valence-electron chi connectivity index (χ1n) is 6.17. The molecule has 0 saturated carbocycles. The monoisotopic (exact) mass is 295 g/mol. The summed E-state index contributed by atoms with van der Waals surface area (Å²) >= 11 is 7.53. The minimum Gasteiger partial charge on any atom is -0.376 e. The highest BCUT2D eigenvalue weighted by atomic mass is 35.5. The molecule has 1 unspecified atom stereocenters. The van der Waals surface area contributed by atoms with Crippen molar-refractivity contribution in [2.45, 2.75) is 25.4 Å². The number of thiazole rings is 1. The molecule has 2 heterocycles. The number of pyridine rings is 1. The summed E-state index contributed by atoms with van der Waals surface area (Å²) in [6.45, 7) is 0.